The predicted molar refractivity (Wildman–Crippen MR) is 79.9 cm³/mol. The molecule has 98 valence electrons. The van der Waals surface area contributed by atoms with Gasteiger partial charge >= 0.3 is 0 Å². The Bertz CT molecular complexity index is 555. The van der Waals surface area contributed by atoms with Crippen molar-refractivity contribution in [3.05, 3.63) is 60.7 Å². The van der Waals surface area contributed by atoms with Crippen LogP contribution in [-0.2, 0) is 0 Å². The van der Waals surface area contributed by atoms with Crippen molar-refractivity contribution in [3.8, 4) is 17.1 Å². The minimum atomic E-state index is 0. The zero-order chi connectivity index (χ0) is 11.5. The minimum Gasteiger partial charge on any atom is -0.344 e. The van der Waals surface area contributed by atoms with Crippen molar-refractivity contribution in [1.82, 2.24) is 26.4 Å². The lowest BCUT2D eigenvalue weighted by molar-refractivity contribution is 0.720. The molecule has 0 aliphatic carbocycles. The molecule has 19 heavy (non-hydrogen) atoms. The number of hydrogen-bond acceptors (Lipinski definition) is 4. The molecule has 3 aromatic rings. The average molecular weight is 320 g/mol. The van der Waals surface area contributed by atoms with Crippen molar-refractivity contribution in [2.45, 2.75) is 0 Å². The van der Waals surface area contributed by atoms with Gasteiger partial charge < -0.3 is 6.15 Å². The maximum atomic E-state index is 4.35. The molecule has 1 aromatic heterocycles. The molecular formula is C13H14BrN5. The van der Waals surface area contributed by atoms with Crippen molar-refractivity contribution >= 4 is 17.0 Å². The van der Waals surface area contributed by atoms with Crippen LogP contribution >= 0.6 is 17.0 Å². The standard InChI is InChI=1S/C13H10N4.BrH.H3N/c1-3-7-11(8-4-1)13-14-16-17(15-13)12-9-5-2-6-10-12;;/h1-10H;1H;1H3. The maximum absolute atomic E-state index is 4.35. The van der Waals surface area contributed by atoms with E-state index in [0.717, 1.165) is 11.3 Å². The van der Waals surface area contributed by atoms with Gasteiger partial charge in [0, 0.05) is 5.56 Å². The average Bonchev–Trinajstić information content (AvgIpc) is 2.90. The second-order valence-corrected chi connectivity index (χ2v) is 3.60. The molecule has 2 aromatic carbocycles. The first kappa shape index (κ1) is 15.0. The van der Waals surface area contributed by atoms with E-state index >= 15 is 0 Å². The van der Waals surface area contributed by atoms with E-state index in [2.05, 4.69) is 15.4 Å². The van der Waals surface area contributed by atoms with Gasteiger partial charge in [0.1, 0.15) is 0 Å². The van der Waals surface area contributed by atoms with Gasteiger partial charge in [0.25, 0.3) is 0 Å². The van der Waals surface area contributed by atoms with Crippen LogP contribution < -0.4 is 6.15 Å². The van der Waals surface area contributed by atoms with E-state index in [0.29, 0.717) is 5.82 Å². The zero-order valence-corrected chi connectivity index (χ0v) is 11.9. The summed E-state index contributed by atoms with van der Waals surface area (Å²) in [5.74, 6) is 0.634. The fraction of sp³-hybridized carbons (Fsp3) is 0. The lowest BCUT2D eigenvalue weighted by Crippen LogP contribution is -1.98. The summed E-state index contributed by atoms with van der Waals surface area (Å²) in [6.45, 7) is 0. The zero-order valence-electron chi connectivity index (χ0n) is 10.2. The largest absolute Gasteiger partial charge is 0.344 e. The number of tetrazole rings is 1. The third-order valence-electron chi connectivity index (χ3n) is 2.43. The van der Waals surface area contributed by atoms with Crippen molar-refractivity contribution in [3.63, 3.8) is 0 Å². The third-order valence-corrected chi connectivity index (χ3v) is 2.43. The number of rotatable bonds is 2. The van der Waals surface area contributed by atoms with Crippen LogP contribution in [0.25, 0.3) is 17.1 Å². The summed E-state index contributed by atoms with van der Waals surface area (Å²) in [5, 5.41) is 12.4. The van der Waals surface area contributed by atoms with Gasteiger partial charge in [0.05, 0.1) is 5.69 Å². The maximum Gasteiger partial charge on any atom is 0.205 e. The lowest BCUT2D eigenvalue weighted by Gasteiger charge is -1.95. The van der Waals surface area contributed by atoms with Crippen molar-refractivity contribution in [2.24, 2.45) is 0 Å². The topological polar surface area (TPSA) is 78.6 Å². The van der Waals surface area contributed by atoms with Gasteiger partial charge in [0.2, 0.25) is 5.82 Å². The van der Waals surface area contributed by atoms with Crippen LogP contribution in [-0.4, -0.2) is 20.2 Å². The Morgan fingerprint density at radius 2 is 1.37 bits per heavy atom. The third kappa shape index (κ3) is 3.24. The predicted octanol–water partition coefficient (Wildman–Crippen LogP) is 3.07. The van der Waals surface area contributed by atoms with Crippen LogP contribution in [0.3, 0.4) is 0 Å². The van der Waals surface area contributed by atoms with Crippen LogP contribution in [0.15, 0.2) is 60.7 Å². The second-order valence-electron chi connectivity index (χ2n) is 3.60. The SMILES string of the molecule is Br.N.c1ccc(-c2nnn(-c3ccccc3)n2)cc1. The molecule has 5 nitrogen and oxygen atoms in total. The fourth-order valence-electron chi connectivity index (χ4n) is 1.59. The van der Waals surface area contributed by atoms with E-state index in [1.54, 1.807) is 0 Å². The molecule has 0 atom stereocenters. The normalized spacial score (nSPS) is 9.26. The number of halogens is 1. The monoisotopic (exact) mass is 319 g/mol. The van der Waals surface area contributed by atoms with Crippen molar-refractivity contribution in [1.29, 1.82) is 0 Å². The Kier molecular flexibility index (Phi) is 5.35. The Labute approximate surface area is 121 Å². The number of aromatic nitrogens is 4. The highest BCUT2D eigenvalue weighted by molar-refractivity contribution is 8.93. The molecule has 0 unspecified atom stereocenters. The molecule has 0 radical (unpaired) electrons. The van der Waals surface area contributed by atoms with Crippen LogP contribution in [0, 0.1) is 0 Å². The number of nitrogens with zero attached hydrogens (tertiary/aromatic N) is 4. The van der Waals surface area contributed by atoms with Crippen LogP contribution in [0.4, 0.5) is 0 Å². The smallest absolute Gasteiger partial charge is 0.205 e. The summed E-state index contributed by atoms with van der Waals surface area (Å²) in [5.41, 5.74) is 1.87. The molecule has 3 rings (SSSR count). The summed E-state index contributed by atoms with van der Waals surface area (Å²) in [7, 11) is 0. The van der Waals surface area contributed by atoms with Gasteiger partial charge in [-0.05, 0) is 17.3 Å². The molecule has 0 saturated heterocycles. The molecule has 0 spiro atoms. The van der Waals surface area contributed by atoms with Crippen LogP contribution in [0.2, 0.25) is 0 Å². The Morgan fingerprint density at radius 1 is 0.789 bits per heavy atom. The summed E-state index contributed by atoms with van der Waals surface area (Å²) in [6.07, 6.45) is 0. The highest BCUT2D eigenvalue weighted by atomic mass is 79.9. The van der Waals surface area contributed by atoms with Gasteiger partial charge in [-0.25, -0.2) is 0 Å². The van der Waals surface area contributed by atoms with Crippen LogP contribution in [0.1, 0.15) is 0 Å². The first-order valence-corrected chi connectivity index (χ1v) is 5.34. The van der Waals surface area contributed by atoms with Gasteiger partial charge in [-0.3, -0.25) is 0 Å². The number of para-hydroxylation sites is 1. The van der Waals surface area contributed by atoms with E-state index < -0.39 is 0 Å². The minimum absolute atomic E-state index is 0. The molecule has 0 saturated carbocycles. The first-order chi connectivity index (χ1) is 8.43. The molecule has 0 bridgehead atoms. The fourth-order valence-corrected chi connectivity index (χ4v) is 1.59. The summed E-state index contributed by atoms with van der Waals surface area (Å²) in [6, 6.07) is 19.5. The van der Waals surface area contributed by atoms with Gasteiger partial charge in [0.15, 0.2) is 0 Å². The van der Waals surface area contributed by atoms with Crippen molar-refractivity contribution < 1.29 is 0 Å². The first-order valence-electron chi connectivity index (χ1n) is 5.34. The van der Waals surface area contributed by atoms with E-state index in [4.69, 9.17) is 0 Å². The van der Waals surface area contributed by atoms with Gasteiger partial charge in [-0.15, -0.1) is 32.0 Å². The Balaban J connectivity index is 0.000000902. The summed E-state index contributed by atoms with van der Waals surface area (Å²) >= 11 is 0. The lowest BCUT2D eigenvalue weighted by atomic mass is 10.2. The van der Waals surface area contributed by atoms with E-state index in [-0.39, 0.29) is 23.1 Å². The summed E-state index contributed by atoms with van der Waals surface area (Å²) in [4.78, 5) is 1.53. The Morgan fingerprint density at radius 3 is 2.00 bits per heavy atom. The van der Waals surface area contributed by atoms with E-state index in [9.17, 15) is 0 Å². The molecule has 0 aliphatic rings. The molecule has 6 heteroatoms. The molecule has 0 aliphatic heterocycles. The van der Waals surface area contributed by atoms with E-state index in [1.807, 2.05) is 60.7 Å². The highest BCUT2D eigenvalue weighted by Gasteiger charge is 2.05. The molecule has 0 amide bonds. The summed E-state index contributed by atoms with van der Waals surface area (Å²) < 4.78 is 0. The van der Waals surface area contributed by atoms with Crippen molar-refractivity contribution in [2.75, 3.05) is 0 Å². The van der Waals surface area contributed by atoms with Crippen LogP contribution in [0.5, 0.6) is 0 Å². The second kappa shape index (κ2) is 6.77. The molecular weight excluding hydrogens is 306 g/mol. The van der Waals surface area contributed by atoms with Gasteiger partial charge in [-0.1, -0.05) is 48.5 Å². The molecule has 3 N–H and O–H groups in total. The molecule has 1 heterocycles. The van der Waals surface area contributed by atoms with E-state index in [1.165, 1.54) is 4.80 Å². The number of benzene rings is 2. The number of hydrogen-bond donors (Lipinski definition) is 1. The molecule has 0 fully saturated rings. The van der Waals surface area contributed by atoms with Gasteiger partial charge in [-0.2, -0.15) is 0 Å². The Hall–Kier alpha value is -2.05. The highest BCUT2D eigenvalue weighted by Crippen LogP contribution is 2.13. The quantitative estimate of drug-likeness (QED) is 0.787.